The fourth-order valence-electron chi connectivity index (χ4n) is 1.66. The zero-order chi connectivity index (χ0) is 15.1. The van der Waals surface area contributed by atoms with Gasteiger partial charge < -0.3 is 5.11 Å². The molecule has 0 bridgehead atoms. The lowest BCUT2D eigenvalue weighted by Crippen LogP contribution is -2.23. The van der Waals surface area contributed by atoms with Crippen LogP contribution in [-0.2, 0) is 9.84 Å². The molecule has 8 heteroatoms. The van der Waals surface area contributed by atoms with E-state index in [9.17, 15) is 26.4 Å². The average molecular weight is 304 g/mol. The van der Waals surface area contributed by atoms with Crippen LogP contribution in [0.5, 0.6) is 0 Å². The molecule has 0 heterocycles. The molecular formula is C12H7F3O4S. The van der Waals surface area contributed by atoms with E-state index in [0.29, 0.717) is 5.39 Å². The molecule has 2 aromatic carbocycles. The summed E-state index contributed by atoms with van der Waals surface area (Å²) in [4.78, 5) is 9.88. The first-order chi connectivity index (χ1) is 9.13. The lowest BCUT2D eigenvalue weighted by atomic mass is 10.1. The molecule has 0 aliphatic rings. The van der Waals surface area contributed by atoms with E-state index in [-0.39, 0.29) is 10.9 Å². The number of carbonyl (C=O) groups is 1. The molecule has 4 nitrogen and oxygen atoms in total. The number of rotatable bonds is 2. The molecule has 0 saturated carbocycles. The number of carboxylic acids is 1. The normalized spacial score (nSPS) is 12.6. The summed E-state index contributed by atoms with van der Waals surface area (Å²) < 4.78 is 59.8. The first-order valence-corrected chi connectivity index (χ1v) is 6.70. The third-order valence-corrected chi connectivity index (χ3v) is 4.16. The van der Waals surface area contributed by atoms with Crippen molar-refractivity contribution < 1.29 is 31.5 Å². The summed E-state index contributed by atoms with van der Waals surface area (Å²) in [7, 11) is -5.41. The third-order valence-electron chi connectivity index (χ3n) is 2.67. The number of hydrogen-bond acceptors (Lipinski definition) is 3. The van der Waals surface area contributed by atoms with Crippen LogP contribution in [0.15, 0.2) is 41.3 Å². The van der Waals surface area contributed by atoms with Gasteiger partial charge >= 0.3 is 11.5 Å². The highest BCUT2D eigenvalue weighted by Crippen LogP contribution is 2.31. The van der Waals surface area contributed by atoms with Crippen molar-refractivity contribution in [1.82, 2.24) is 0 Å². The number of halogens is 3. The van der Waals surface area contributed by atoms with Crippen LogP contribution in [0.1, 0.15) is 10.4 Å². The van der Waals surface area contributed by atoms with Gasteiger partial charge in [-0.15, -0.1) is 0 Å². The molecule has 2 rings (SSSR count). The van der Waals surface area contributed by atoms with Crippen LogP contribution in [0.4, 0.5) is 13.2 Å². The Labute approximate surface area is 111 Å². The van der Waals surface area contributed by atoms with E-state index in [1.165, 1.54) is 18.2 Å². The van der Waals surface area contributed by atoms with Crippen molar-refractivity contribution in [2.45, 2.75) is 10.4 Å². The largest absolute Gasteiger partial charge is 0.501 e. The first kappa shape index (κ1) is 14.3. The molecule has 0 aromatic heterocycles. The molecule has 0 aliphatic carbocycles. The van der Waals surface area contributed by atoms with Gasteiger partial charge in [0.15, 0.2) is 0 Å². The van der Waals surface area contributed by atoms with Crippen LogP contribution < -0.4 is 0 Å². The molecular weight excluding hydrogens is 297 g/mol. The second-order valence-electron chi connectivity index (χ2n) is 3.98. The minimum absolute atomic E-state index is 0.0380. The highest BCUT2D eigenvalue weighted by atomic mass is 32.2. The molecule has 0 spiro atoms. The van der Waals surface area contributed by atoms with Crippen molar-refractivity contribution in [2.24, 2.45) is 0 Å². The minimum Gasteiger partial charge on any atom is -0.478 e. The Morgan fingerprint density at radius 2 is 1.55 bits per heavy atom. The van der Waals surface area contributed by atoms with Crippen molar-refractivity contribution >= 4 is 26.6 Å². The molecule has 0 aliphatic heterocycles. The van der Waals surface area contributed by atoms with Gasteiger partial charge in [0.1, 0.15) is 0 Å². The van der Waals surface area contributed by atoms with Gasteiger partial charge in [0.2, 0.25) is 0 Å². The molecule has 106 valence electrons. The summed E-state index contributed by atoms with van der Waals surface area (Å²) in [6.45, 7) is 0. The maximum absolute atomic E-state index is 12.4. The van der Waals surface area contributed by atoms with Crippen LogP contribution in [0.2, 0.25) is 0 Å². The van der Waals surface area contributed by atoms with Crippen LogP contribution >= 0.6 is 0 Å². The van der Waals surface area contributed by atoms with E-state index < -0.39 is 26.2 Å². The zero-order valence-electron chi connectivity index (χ0n) is 9.68. The molecule has 0 atom stereocenters. The topological polar surface area (TPSA) is 71.4 Å². The standard InChI is InChI=1S/C12H7F3O4S/c13-12(14,15)20(18,19)10-4-3-7-5-9(11(16)17)2-1-8(7)6-10/h1-6H,(H,16,17). The predicted octanol–water partition coefficient (Wildman–Crippen LogP) is 2.83. The van der Waals surface area contributed by atoms with E-state index in [1.807, 2.05) is 0 Å². The Bertz CT molecular complexity index is 794. The van der Waals surface area contributed by atoms with Gasteiger partial charge in [-0.2, -0.15) is 13.2 Å². The number of alkyl halides is 3. The molecule has 2 aromatic rings. The van der Waals surface area contributed by atoms with Gasteiger partial charge in [0.05, 0.1) is 10.5 Å². The van der Waals surface area contributed by atoms with Crippen LogP contribution in [-0.4, -0.2) is 25.0 Å². The van der Waals surface area contributed by atoms with Gasteiger partial charge in [-0.25, -0.2) is 13.2 Å². The Balaban J connectivity index is 2.62. The van der Waals surface area contributed by atoms with E-state index in [0.717, 1.165) is 18.2 Å². The molecule has 20 heavy (non-hydrogen) atoms. The van der Waals surface area contributed by atoms with Gasteiger partial charge in [0.25, 0.3) is 9.84 Å². The smallest absolute Gasteiger partial charge is 0.478 e. The van der Waals surface area contributed by atoms with Crippen molar-refractivity contribution in [3.8, 4) is 0 Å². The summed E-state index contributed by atoms with van der Waals surface area (Å²) in [5.41, 5.74) is -5.41. The maximum Gasteiger partial charge on any atom is 0.501 e. The highest BCUT2D eigenvalue weighted by molar-refractivity contribution is 7.92. The Morgan fingerprint density at radius 1 is 1.00 bits per heavy atom. The number of benzene rings is 2. The summed E-state index contributed by atoms with van der Waals surface area (Å²) in [6.07, 6.45) is 0. The summed E-state index contributed by atoms with van der Waals surface area (Å²) >= 11 is 0. The molecule has 0 amide bonds. The van der Waals surface area contributed by atoms with Crippen molar-refractivity contribution in [2.75, 3.05) is 0 Å². The molecule has 0 radical (unpaired) electrons. The number of carboxylic acid groups (broad SMARTS) is 1. The van der Waals surface area contributed by atoms with Crippen molar-refractivity contribution in [3.05, 3.63) is 42.0 Å². The summed E-state index contributed by atoms with van der Waals surface area (Å²) in [6, 6.07) is 6.51. The second-order valence-corrected chi connectivity index (χ2v) is 5.92. The molecule has 0 saturated heterocycles. The van der Waals surface area contributed by atoms with E-state index in [2.05, 4.69) is 0 Å². The fourth-order valence-corrected chi connectivity index (χ4v) is 2.45. The van der Waals surface area contributed by atoms with Crippen LogP contribution in [0.25, 0.3) is 10.8 Å². The number of sulfone groups is 1. The van der Waals surface area contributed by atoms with Crippen LogP contribution in [0, 0.1) is 0 Å². The molecule has 1 N–H and O–H groups in total. The van der Waals surface area contributed by atoms with E-state index >= 15 is 0 Å². The second kappa shape index (κ2) is 4.48. The highest BCUT2D eigenvalue weighted by Gasteiger charge is 2.46. The number of aromatic carboxylic acids is 1. The summed E-state index contributed by atoms with van der Waals surface area (Å²) in [5.74, 6) is -1.18. The monoisotopic (exact) mass is 304 g/mol. The van der Waals surface area contributed by atoms with Gasteiger partial charge in [0, 0.05) is 0 Å². The van der Waals surface area contributed by atoms with Gasteiger partial charge in [-0.1, -0.05) is 12.1 Å². The van der Waals surface area contributed by atoms with Crippen molar-refractivity contribution in [1.29, 1.82) is 0 Å². The lowest BCUT2D eigenvalue weighted by molar-refractivity contribution is -0.0436. The molecule has 0 fully saturated rings. The first-order valence-electron chi connectivity index (χ1n) is 5.21. The molecule has 0 unspecified atom stereocenters. The predicted molar refractivity (Wildman–Crippen MR) is 64.1 cm³/mol. The Kier molecular flexibility index (Phi) is 3.21. The average Bonchev–Trinajstić information content (AvgIpc) is 2.36. The van der Waals surface area contributed by atoms with E-state index in [1.54, 1.807) is 0 Å². The summed E-state index contributed by atoms with van der Waals surface area (Å²) in [5, 5.41) is 9.34. The Morgan fingerprint density at radius 3 is 2.10 bits per heavy atom. The zero-order valence-corrected chi connectivity index (χ0v) is 10.5. The fraction of sp³-hybridized carbons (Fsp3) is 0.0833. The van der Waals surface area contributed by atoms with E-state index in [4.69, 9.17) is 5.11 Å². The Hall–Kier alpha value is -2.09. The quantitative estimate of drug-likeness (QED) is 0.926. The third kappa shape index (κ3) is 2.34. The minimum atomic E-state index is -5.41. The number of hydrogen-bond donors (Lipinski definition) is 1. The SMILES string of the molecule is O=C(O)c1ccc2cc(S(=O)(=O)C(F)(F)F)ccc2c1. The van der Waals surface area contributed by atoms with Crippen molar-refractivity contribution in [3.63, 3.8) is 0 Å². The van der Waals surface area contributed by atoms with Crippen LogP contribution in [0.3, 0.4) is 0 Å². The maximum atomic E-state index is 12.4. The number of fused-ring (bicyclic) bond motifs is 1. The van der Waals surface area contributed by atoms with Gasteiger partial charge in [-0.3, -0.25) is 0 Å². The lowest BCUT2D eigenvalue weighted by Gasteiger charge is -2.09. The van der Waals surface area contributed by atoms with Gasteiger partial charge in [-0.05, 0) is 35.0 Å².